The second kappa shape index (κ2) is 9.19. The van der Waals surface area contributed by atoms with E-state index in [9.17, 15) is 4.57 Å². The molecule has 6 heteroatoms. The van der Waals surface area contributed by atoms with Crippen molar-refractivity contribution in [1.29, 1.82) is 0 Å². The molecule has 5 nitrogen and oxygen atoms in total. The zero-order chi connectivity index (χ0) is 11.7. The van der Waals surface area contributed by atoms with Gasteiger partial charge in [-0.05, 0) is 25.3 Å². The van der Waals surface area contributed by atoms with Crippen molar-refractivity contribution >= 4 is 8.03 Å². The molecule has 0 aromatic heterocycles. The molecule has 0 rings (SSSR count). The lowest BCUT2D eigenvalue weighted by Crippen LogP contribution is -2.19. The van der Waals surface area contributed by atoms with Crippen LogP contribution in [-0.4, -0.2) is 31.9 Å². The molecule has 0 radical (unpaired) electrons. The molecule has 0 aromatic rings. The van der Waals surface area contributed by atoms with Crippen molar-refractivity contribution in [3.8, 4) is 0 Å². The predicted molar refractivity (Wildman–Crippen MR) is 58.9 cm³/mol. The van der Waals surface area contributed by atoms with Crippen LogP contribution in [0.1, 0.15) is 27.2 Å². The minimum absolute atomic E-state index is 0.0326. The smallest absolute Gasteiger partial charge is 0.328 e. The van der Waals surface area contributed by atoms with Gasteiger partial charge in [0.2, 0.25) is 0 Å². The molecule has 0 saturated carbocycles. The summed E-state index contributed by atoms with van der Waals surface area (Å²) in [6, 6.07) is 0.0326. The van der Waals surface area contributed by atoms with Gasteiger partial charge in [0.05, 0.1) is 0 Å². The summed E-state index contributed by atoms with van der Waals surface area (Å²) in [5.74, 6) is 0. The SMILES string of the molecule is CCOC(OCC)O[P+](=O)CCC(C)N. The standard InChI is InChI=1S/C9H21NO4P/c1-4-12-9(13-5-2)14-15(11)7-6-8(3)10/h8-9H,4-7,10H2,1-3H3/q+1. The Labute approximate surface area is 92.1 Å². The Kier molecular flexibility index (Phi) is 9.15. The Morgan fingerprint density at radius 3 is 2.20 bits per heavy atom. The Morgan fingerprint density at radius 1 is 1.27 bits per heavy atom. The lowest BCUT2D eigenvalue weighted by molar-refractivity contribution is -0.240. The van der Waals surface area contributed by atoms with Crippen molar-refractivity contribution < 1.29 is 18.6 Å². The average Bonchev–Trinajstić information content (AvgIpc) is 2.15. The summed E-state index contributed by atoms with van der Waals surface area (Å²) in [7, 11) is -1.76. The number of hydrogen-bond acceptors (Lipinski definition) is 5. The molecule has 0 aliphatic rings. The van der Waals surface area contributed by atoms with Gasteiger partial charge in [0.25, 0.3) is 0 Å². The average molecular weight is 238 g/mol. The first kappa shape index (κ1) is 14.9. The third kappa shape index (κ3) is 8.90. The quantitative estimate of drug-likeness (QED) is 0.490. The third-order valence-corrected chi connectivity index (χ3v) is 2.61. The van der Waals surface area contributed by atoms with Gasteiger partial charge in [-0.15, -0.1) is 0 Å². The minimum atomic E-state index is -1.76. The maximum Gasteiger partial charge on any atom is 0.513 e. The van der Waals surface area contributed by atoms with Crippen LogP contribution in [0.4, 0.5) is 0 Å². The van der Waals surface area contributed by atoms with Crippen molar-refractivity contribution in [1.82, 2.24) is 0 Å². The van der Waals surface area contributed by atoms with E-state index in [4.69, 9.17) is 19.7 Å². The molecular formula is C9H21NO4P+. The van der Waals surface area contributed by atoms with E-state index >= 15 is 0 Å². The lowest BCUT2D eigenvalue weighted by Gasteiger charge is -2.10. The fourth-order valence-corrected chi connectivity index (χ4v) is 1.88. The van der Waals surface area contributed by atoms with E-state index in [0.717, 1.165) is 0 Å². The van der Waals surface area contributed by atoms with Gasteiger partial charge in [-0.25, -0.2) is 0 Å². The Morgan fingerprint density at radius 2 is 1.80 bits per heavy atom. The van der Waals surface area contributed by atoms with E-state index in [1.165, 1.54) is 0 Å². The third-order valence-electron chi connectivity index (χ3n) is 1.58. The molecule has 0 aromatic carbocycles. The number of rotatable bonds is 9. The molecule has 0 aliphatic heterocycles. The molecule has 0 fully saturated rings. The zero-order valence-corrected chi connectivity index (χ0v) is 10.5. The maximum atomic E-state index is 11.4. The number of ether oxygens (including phenoxy) is 2. The minimum Gasteiger partial charge on any atom is -0.328 e. The van der Waals surface area contributed by atoms with Crippen molar-refractivity contribution in [2.45, 2.75) is 39.7 Å². The molecule has 2 N–H and O–H groups in total. The summed E-state index contributed by atoms with van der Waals surface area (Å²) >= 11 is 0. The van der Waals surface area contributed by atoms with Crippen LogP contribution in [0.3, 0.4) is 0 Å². The molecule has 0 bridgehead atoms. The second-order valence-corrected chi connectivity index (χ2v) is 4.45. The van der Waals surface area contributed by atoms with Crippen LogP contribution >= 0.6 is 8.03 Å². The Balaban J connectivity index is 3.77. The molecule has 2 atom stereocenters. The summed E-state index contributed by atoms with van der Waals surface area (Å²) < 4.78 is 26.7. The van der Waals surface area contributed by atoms with E-state index in [1.807, 2.05) is 20.8 Å². The topological polar surface area (TPSA) is 70.8 Å². The van der Waals surface area contributed by atoms with Gasteiger partial charge >= 0.3 is 14.5 Å². The molecule has 0 amide bonds. The van der Waals surface area contributed by atoms with Crippen LogP contribution in [0.2, 0.25) is 0 Å². The van der Waals surface area contributed by atoms with E-state index in [1.54, 1.807) is 0 Å². The fourth-order valence-electron chi connectivity index (χ4n) is 0.839. The van der Waals surface area contributed by atoms with Gasteiger partial charge < -0.3 is 15.2 Å². The van der Waals surface area contributed by atoms with Crippen LogP contribution in [0.5, 0.6) is 0 Å². The van der Waals surface area contributed by atoms with Crippen LogP contribution in [0.15, 0.2) is 0 Å². The zero-order valence-electron chi connectivity index (χ0n) is 9.64. The fraction of sp³-hybridized carbons (Fsp3) is 1.00. The van der Waals surface area contributed by atoms with Gasteiger partial charge in [-0.1, -0.05) is 4.52 Å². The summed E-state index contributed by atoms with van der Waals surface area (Å²) in [4.78, 5) is 0. The van der Waals surface area contributed by atoms with Crippen LogP contribution in [-0.2, 0) is 18.6 Å². The normalized spacial score (nSPS) is 14.3. The highest BCUT2D eigenvalue weighted by atomic mass is 31.1. The van der Waals surface area contributed by atoms with Crippen molar-refractivity contribution in [2.24, 2.45) is 5.73 Å². The first-order valence-corrected chi connectivity index (χ1v) is 6.56. The van der Waals surface area contributed by atoms with Crippen LogP contribution in [0, 0.1) is 0 Å². The van der Waals surface area contributed by atoms with Gasteiger partial charge in [-0.3, -0.25) is 0 Å². The van der Waals surface area contributed by atoms with E-state index in [0.29, 0.717) is 25.8 Å². The summed E-state index contributed by atoms with van der Waals surface area (Å²) in [6.45, 7) is 5.61. The summed E-state index contributed by atoms with van der Waals surface area (Å²) in [6.07, 6.45) is 1.10. The molecule has 90 valence electrons. The summed E-state index contributed by atoms with van der Waals surface area (Å²) in [5.41, 5.74) is 5.54. The highest BCUT2D eigenvalue weighted by Crippen LogP contribution is 2.26. The van der Waals surface area contributed by atoms with Gasteiger partial charge in [0, 0.05) is 25.7 Å². The van der Waals surface area contributed by atoms with Crippen molar-refractivity contribution in [3.05, 3.63) is 0 Å². The largest absolute Gasteiger partial charge is 0.513 e. The van der Waals surface area contributed by atoms with Gasteiger partial charge in [0.15, 0.2) is 6.16 Å². The van der Waals surface area contributed by atoms with Crippen molar-refractivity contribution in [2.75, 3.05) is 19.4 Å². The molecule has 0 aliphatic carbocycles. The highest BCUT2D eigenvalue weighted by molar-refractivity contribution is 7.39. The molecule has 2 unspecified atom stereocenters. The van der Waals surface area contributed by atoms with Gasteiger partial charge in [0.1, 0.15) is 0 Å². The molecule has 0 heterocycles. The number of hydrogen-bond donors (Lipinski definition) is 1. The number of nitrogens with two attached hydrogens (primary N) is 1. The van der Waals surface area contributed by atoms with Gasteiger partial charge in [-0.2, -0.15) is 0 Å². The lowest BCUT2D eigenvalue weighted by atomic mass is 10.3. The monoisotopic (exact) mass is 238 g/mol. The highest BCUT2D eigenvalue weighted by Gasteiger charge is 2.25. The van der Waals surface area contributed by atoms with E-state index in [2.05, 4.69) is 0 Å². The molecule has 0 saturated heterocycles. The first-order chi connectivity index (χ1) is 7.10. The predicted octanol–water partition coefficient (Wildman–Crippen LogP) is 1.84. The Hall–Kier alpha value is -0.0600. The molecule has 0 spiro atoms. The van der Waals surface area contributed by atoms with E-state index < -0.39 is 14.5 Å². The first-order valence-electron chi connectivity index (χ1n) is 5.20. The van der Waals surface area contributed by atoms with Crippen LogP contribution < -0.4 is 5.73 Å². The maximum absolute atomic E-state index is 11.4. The molecule has 15 heavy (non-hydrogen) atoms. The Bertz CT molecular complexity index is 171. The van der Waals surface area contributed by atoms with Crippen molar-refractivity contribution in [3.63, 3.8) is 0 Å². The summed E-state index contributed by atoms with van der Waals surface area (Å²) in [5, 5.41) is 0. The van der Waals surface area contributed by atoms with E-state index in [-0.39, 0.29) is 6.04 Å². The molecular weight excluding hydrogens is 217 g/mol. The van der Waals surface area contributed by atoms with Crippen LogP contribution in [0.25, 0.3) is 0 Å². The second-order valence-electron chi connectivity index (χ2n) is 3.13.